The van der Waals surface area contributed by atoms with Gasteiger partial charge in [0.2, 0.25) is 0 Å². The smallest absolute Gasteiger partial charge is 0.0594 e. The predicted molar refractivity (Wildman–Crippen MR) is 101 cm³/mol. The zero-order valence-electron chi connectivity index (χ0n) is 14.4. The lowest BCUT2D eigenvalue weighted by Crippen LogP contribution is -2.38. The largest absolute Gasteiger partial charge is 0.379 e. The second kappa shape index (κ2) is 8.97. The highest BCUT2D eigenvalue weighted by Crippen LogP contribution is 2.26. The Hall–Kier alpha value is -1.68. The van der Waals surface area contributed by atoms with Crippen LogP contribution in [0.3, 0.4) is 0 Å². The van der Waals surface area contributed by atoms with Gasteiger partial charge in [-0.2, -0.15) is 0 Å². The Kier molecular flexibility index (Phi) is 6.41. The van der Waals surface area contributed by atoms with Crippen molar-refractivity contribution in [3.8, 4) is 0 Å². The topological polar surface area (TPSA) is 24.5 Å². The van der Waals surface area contributed by atoms with Gasteiger partial charge in [-0.1, -0.05) is 48.5 Å². The van der Waals surface area contributed by atoms with Crippen molar-refractivity contribution in [2.75, 3.05) is 39.4 Å². The van der Waals surface area contributed by atoms with Crippen LogP contribution in [0.4, 0.5) is 0 Å². The third kappa shape index (κ3) is 4.44. The normalized spacial score (nSPS) is 17.0. The van der Waals surface area contributed by atoms with Crippen LogP contribution in [0, 0.1) is 0 Å². The first-order chi connectivity index (χ1) is 11.9. The summed E-state index contributed by atoms with van der Waals surface area (Å²) in [6.07, 6.45) is 4.13. The average Bonchev–Trinajstić information content (AvgIpc) is 2.65. The number of ether oxygens (including phenoxy) is 1. The van der Waals surface area contributed by atoms with E-state index in [9.17, 15) is 0 Å². The summed E-state index contributed by atoms with van der Waals surface area (Å²) in [4.78, 5) is 2.49. The number of rotatable bonds is 8. The third-order valence-electron chi connectivity index (χ3n) is 4.75. The van der Waals surface area contributed by atoms with Gasteiger partial charge in [0.05, 0.1) is 13.2 Å². The van der Waals surface area contributed by atoms with Crippen molar-refractivity contribution in [2.45, 2.75) is 18.9 Å². The molecule has 0 aliphatic carbocycles. The second-order valence-electron chi connectivity index (χ2n) is 6.41. The lowest BCUT2D eigenvalue weighted by atomic mass is 9.96. The van der Waals surface area contributed by atoms with E-state index >= 15 is 0 Å². The van der Waals surface area contributed by atoms with Crippen molar-refractivity contribution in [2.24, 2.45) is 0 Å². The van der Waals surface area contributed by atoms with Gasteiger partial charge in [0.15, 0.2) is 0 Å². The summed E-state index contributed by atoms with van der Waals surface area (Å²) < 4.78 is 5.41. The molecule has 0 aromatic heterocycles. The average molecular weight is 324 g/mol. The number of hydrogen-bond acceptors (Lipinski definition) is 3. The standard InChI is InChI=1S/C21H28N2O/c1-2-7-21(22-12-6-13-23-14-16-24-17-15-23)20-11-5-9-18-8-3-4-10-19(18)20/h2-5,8-11,21-22H,1,6-7,12-17H2. The molecule has 0 amide bonds. The Balaban J connectivity index is 1.60. The molecule has 2 aromatic carbocycles. The van der Waals surface area contributed by atoms with Crippen molar-refractivity contribution in [1.29, 1.82) is 0 Å². The fourth-order valence-corrected chi connectivity index (χ4v) is 3.44. The van der Waals surface area contributed by atoms with Crippen molar-refractivity contribution in [3.05, 3.63) is 60.7 Å². The zero-order chi connectivity index (χ0) is 16.6. The van der Waals surface area contributed by atoms with Gasteiger partial charge in [-0.15, -0.1) is 6.58 Å². The lowest BCUT2D eigenvalue weighted by molar-refractivity contribution is 0.0374. The van der Waals surface area contributed by atoms with Gasteiger partial charge in [-0.25, -0.2) is 0 Å². The minimum atomic E-state index is 0.332. The van der Waals surface area contributed by atoms with Gasteiger partial charge in [0, 0.05) is 19.1 Å². The van der Waals surface area contributed by atoms with Crippen LogP contribution in [0.5, 0.6) is 0 Å². The van der Waals surface area contributed by atoms with Gasteiger partial charge in [0.25, 0.3) is 0 Å². The summed E-state index contributed by atoms with van der Waals surface area (Å²) in [6.45, 7) is 10.0. The SMILES string of the molecule is C=CCC(NCCCN1CCOCC1)c1cccc2ccccc12. The Bertz CT molecular complexity index is 644. The molecule has 128 valence electrons. The van der Waals surface area contributed by atoms with Crippen molar-refractivity contribution in [1.82, 2.24) is 10.2 Å². The molecule has 3 heteroatoms. The summed E-state index contributed by atoms with van der Waals surface area (Å²) in [5.41, 5.74) is 1.37. The van der Waals surface area contributed by atoms with Gasteiger partial charge >= 0.3 is 0 Å². The van der Waals surface area contributed by atoms with E-state index < -0.39 is 0 Å². The lowest BCUT2D eigenvalue weighted by Gasteiger charge is -2.27. The Labute approximate surface area is 145 Å². The van der Waals surface area contributed by atoms with Crippen LogP contribution in [-0.4, -0.2) is 44.3 Å². The van der Waals surface area contributed by atoms with Crippen molar-refractivity contribution in [3.63, 3.8) is 0 Å². The molecule has 1 N–H and O–H groups in total. The number of fused-ring (bicyclic) bond motifs is 1. The van der Waals surface area contributed by atoms with Gasteiger partial charge in [-0.05, 0) is 42.3 Å². The molecule has 0 radical (unpaired) electrons. The minimum Gasteiger partial charge on any atom is -0.379 e. The zero-order valence-corrected chi connectivity index (χ0v) is 14.4. The molecule has 1 fully saturated rings. The maximum Gasteiger partial charge on any atom is 0.0594 e. The highest BCUT2D eigenvalue weighted by molar-refractivity contribution is 5.86. The van der Waals surface area contributed by atoms with E-state index in [0.717, 1.165) is 45.8 Å². The third-order valence-corrected chi connectivity index (χ3v) is 4.75. The molecule has 1 heterocycles. The predicted octanol–water partition coefficient (Wildman–Crippen LogP) is 3.77. The summed E-state index contributed by atoms with van der Waals surface area (Å²) >= 11 is 0. The molecule has 1 atom stereocenters. The van der Waals surface area contributed by atoms with Crippen LogP contribution >= 0.6 is 0 Å². The highest BCUT2D eigenvalue weighted by atomic mass is 16.5. The number of nitrogens with one attached hydrogen (secondary N) is 1. The van der Waals surface area contributed by atoms with E-state index in [-0.39, 0.29) is 0 Å². The van der Waals surface area contributed by atoms with Crippen LogP contribution in [0.25, 0.3) is 10.8 Å². The molecule has 1 unspecified atom stereocenters. The van der Waals surface area contributed by atoms with Crippen molar-refractivity contribution >= 4 is 10.8 Å². The van der Waals surface area contributed by atoms with Gasteiger partial charge in [0.1, 0.15) is 0 Å². The minimum absolute atomic E-state index is 0.332. The number of benzene rings is 2. The number of morpholine rings is 1. The fourth-order valence-electron chi connectivity index (χ4n) is 3.44. The molecule has 1 aliphatic rings. The quantitative estimate of drug-likeness (QED) is 0.591. The summed E-state index contributed by atoms with van der Waals surface area (Å²) in [5.74, 6) is 0. The molecule has 24 heavy (non-hydrogen) atoms. The van der Waals surface area contributed by atoms with Crippen LogP contribution in [0.1, 0.15) is 24.4 Å². The first kappa shape index (κ1) is 17.2. The molecule has 3 rings (SSSR count). The van der Waals surface area contributed by atoms with E-state index in [1.54, 1.807) is 0 Å². The molecule has 0 saturated carbocycles. The molecule has 1 aliphatic heterocycles. The molecule has 1 saturated heterocycles. The Morgan fingerprint density at radius 2 is 1.92 bits per heavy atom. The van der Waals surface area contributed by atoms with Crippen LogP contribution < -0.4 is 5.32 Å². The van der Waals surface area contributed by atoms with Crippen LogP contribution in [0.15, 0.2) is 55.1 Å². The fraction of sp³-hybridized carbons (Fsp3) is 0.429. The second-order valence-corrected chi connectivity index (χ2v) is 6.41. The molecular formula is C21H28N2O. The first-order valence-corrected chi connectivity index (χ1v) is 9.00. The number of hydrogen-bond donors (Lipinski definition) is 1. The molecule has 0 spiro atoms. The van der Waals surface area contributed by atoms with E-state index in [4.69, 9.17) is 4.74 Å². The van der Waals surface area contributed by atoms with E-state index in [1.165, 1.54) is 22.8 Å². The molecule has 3 nitrogen and oxygen atoms in total. The Morgan fingerprint density at radius 1 is 1.12 bits per heavy atom. The molecular weight excluding hydrogens is 296 g/mol. The monoisotopic (exact) mass is 324 g/mol. The highest BCUT2D eigenvalue weighted by Gasteiger charge is 2.13. The first-order valence-electron chi connectivity index (χ1n) is 9.00. The molecule has 0 bridgehead atoms. The maximum absolute atomic E-state index is 5.41. The van der Waals surface area contributed by atoms with Crippen LogP contribution in [-0.2, 0) is 4.74 Å². The summed E-state index contributed by atoms with van der Waals surface area (Å²) in [5, 5.41) is 6.38. The summed E-state index contributed by atoms with van der Waals surface area (Å²) in [6, 6.07) is 15.5. The van der Waals surface area contributed by atoms with Crippen molar-refractivity contribution < 1.29 is 4.74 Å². The van der Waals surface area contributed by atoms with Crippen LogP contribution in [0.2, 0.25) is 0 Å². The van der Waals surface area contributed by atoms with E-state index in [1.807, 2.05) is 6.08 Å². The summed E-state index contributed by atoms with van der Waals surface area (Å²) in [7, 11) is 0. The van der Waals surface area contributed by atoms with Gasteiger partial charge in [-0.3, -0.25) is 4.90 Å². The van der Waals surface area contributed by atoms with Gasteiger partial charge < -0.3 is 10.1 Å². The maximum atomic E-state index is 5.41. The van der Waals surface area contributed by atoms with E-state index in [2.05, 4.69) is 59.3 Å². The number of nitrogens with zero attached hydrogens (tertiary/aromatic N) is 1. The Morgan fingerprint density at radius 3 is 2.75 bits per heavy atom. The van der Waals surface area contributed by atoms with E-state index in [0.29, 0.717) is 6.04 Å². The molecule has 2 aromatic rings.